The van der Waals surface area contributed by atoms with E-state index in [2.05, 4.69) is 35.5 Å². The average molecular weight is 441 g/mol. The molecule has 28 heavy (non-hydrogen) atoms. The molecule has 0 saturated heterocycles. The van der Waals surface area contributed by atoms with Gasteiger partial charge in [0.2, 0.25) is 0 Å². The lowest BCUT2D eigenvalue weighted by molar-refractivity contribution is -0.0573. The number of rotatable bonds is 7. The molecule has 4 N–H and O–H groups in total. The Balaban J connectivity index is 1.58. The number of thioether (sulfide) groups is 1. The van der Waals surface area contributed by atoms with Crippen LogP contribution in [-0.2, 0) is 9.98 Å². The van der Waals surface area contributed by atoms with E-state index >= 15 is 0 Å². The smallest absolute Gasteiger partial charge is 0.384 e. The maximum atomic E-state index is 11.1. The van der Waals surface area contributed by atoms with Gasteiger partial charge < -0.3 is 15.5 Å². The van der Waals surface area contributed by atoms with E-state index < -0.39 is 6.80 Å². The van der Waals surface area contributed by atoms with Gasteiger partial charge in [0, 0.05) is 16.9 Å². The summed E-state index contributed by atoms with van der Waals surface area (Å²) in [6.07, 6.45) is 8.59. The molecule has 4 bridgehead atoms. The third-order valence-electron chi connectivity index (χ3n) is 7.06. The molecule has 0 heterocycles. The van der Waals surface area contributed by atoms with E-state index in [9.17, 15) is 4.57 Å². The number of hydrogen-bond donors (Lipinski definition) is 3. The van der Waals surface area contributed by atoms with Gasteiger partial charge in [-0.2, -0.15) is 0 Å². The summed E-state index contributed by atoms with van der Waals surface area (Å²) in [5, 5.41) is 0. The summed E-state index contributed by atoms with van der Waals surface area (Å²) >= 11 is 2.34. The van der Waals surface area contributed by atoms with Crippen molar-refractivity contribution in [3.8, 4) is 0 Å². The SMILES string of the molecule is CSc1ccc(C23CC4CC(CC(C4)C2CN=C(N)CSP(=O)(O)O)C3)cc1. The van der Waals surface area contributed by atoms with Gasteiger partial charge in [-0.15, -0.1) is 11.8 Å². The molecule has 0 radical (unpaired) electrons. The molecule has 0 amide bonds. The van der Waals surface area contributed by atoms with Gasteiger partial charge in [-0.1, -0.05) is 12.1 Å². The van der Waals surface area contributed by atoms with Crippen molar-refractivity contribution in [2.75, 3.05) is 18.6 Å². The van der Waals surface area contributed by atoms with Crippen LogP contribution in [0.3, 0.4) is 0 Å². The van der Waals surface area contributed by atoms with Crippen LogP contribution in [0.15, 0.2) is 34.2 Å². The van der Waals surface area contributed by atoms with Crippen molar-refractivity contribution >= 4 is 35.8 Å². The van der Waals surface area contributed by atoms with Gasteiger partial charge in [0.15, 0.2) is 0 Å². The molecular formula is C20H29N2O3PS2. The summed E-state index contributed by atoms with van der Waals surface area (Å²) in [4.78, 5) is 24.0. The van der Waals surface area contributed by atoms with Crippen molar-refractivity contribution in [1.29, 1.82) is 0 Å². The van der Waals surface area contributed by atoms with Crippen LogP contribution >= 0.6 is 29.9 Å². The summed E-state index contributed by atoms with van der Waals surface area (Å²) in [5.41, 5.74) is 7.63. The Hall–Kier alpha value is -0.460. The average Bonchev–Trinajstić information content (AvgIpc) is 2.65. The number of benzene rings is 1. The quantitative estimate of drug-likeness (QED) is 0.253. The van der Waals surface area contributed by atoms with Gasteiger partial charge in [0.1, 0.15) is 5.84 Å². The summed E-state index contributed by atoms with van der Waals surface area (Å²) in [6, 6.07) is 9.12. The van der Waals surface area contributed by atoms with E-state index in [-0.39, 0.29) is 11.2 Å². The Morgan fingerprint density at radius 2 is 1.86 bits per heavy atom. The van der Waals surface area contributed by atoms with Gasteiger partial charge in [-0.05, 0) is 91.1 Å². The second-order valence-electron chi connectivity index (χ2n) is 8.69. The van der Waals surface area contributed by atoms with Gasteiger partial charge in [-0.3, -0.25) is 4.99 Å². The molecule has 1 aromatic rings. The molecule has 5 nitrogen and oxygen atoms in total. The monoisotopic (exact) mass is 440 g/mol. The van der Waals surface area contributed by atoms with E-state index in [0.29, 0.717) is 35.6 Å². The van der Waals surface area contributed by atoms with Gasteiger partial charge in [0.05, 0.1) is 5.75 Å². The predicted molar refractivity (Wildman–Crippen MR) is 118 cm³/mol. The van der Waals surface area contributed by atoms with Crippen molar-refractivity contribution in [1.82, 2.24) is 0 Å². The van der Waals surface area contributed by atoms with Crippen LogP contribution in [0.4, 0.5) is 0 Å². The van der Waals surface area contributed by atoms with Crippen molar-refractivity contribution in [3.05, 3.63) is 29.8 Å². The van der Waals surface area contributed by atoms with E-state index in [4.69, 9.17) is 15.5 Å². The molecule has 0 aliphatic heterocycles. The van der Waals surface area contributed by atoms with Crippen LogP contribution in [0.2, 0.25) is 0 Å². The number of amidine groups is 1. The minimum atomic E-state index is -4.11. The van der Waals surface area contributed by atoms with Crippen molar-refractivity contribution in [3.63, 3.8) is 0 Å². The Bertz CT molecular complexity index is 781. The molecule has 8 heteroatoms. The van der Waals surface area contributed by atoms with Crippen LogP contribution in [-0.4, -0.2) is 34.2 Å². The van der Waals surface area contributed by atoms with Crippen molar-refractivity contribution in [2.45, 2.75) is 42.4 Å². The lowest BCUT2D eigenvalue weighted by Gasteiger charge is -2.61. The highest BCUT2D eigenvalue weighted by Crippen LogP contribution is 2.63. The maximum Gasteiger partial charge on any atom is 0.384 e. The van der Waals surface area contributed by atoms with E-state index in [1.54, 1.807) is 11.8 Å². The molecule has 5 rings (SSSR count). The van der Waals surface area contributed by atoms with Crippen LogP contribution in [0.1, 0.15) is 37.7 Å². The summed E-state index contributed by atoms with van der Waals surface area (Å²) in [5.74, 6) is 3.26. The first-order valence-corrected chi connectivity index (χ1v) is 14.4. The molecule has 3 unspecified atom stereocenters. The molecule has 4 aliphatic carbocycles. The number of hydrogen-bond acceptors (Lipinski definition) is 4. The second-order valence-corrected chi connectivity index (χ2v) is 13.3. The fraction of sp³-hybridized carbons (Fsp3) is 0.650. The summed E-state index contributed by atoms with van der Waals surface area (Å²) < 4.78 is 11.1. The molecule has 4 saturated carbocycles. The largest absolute Gasteiger partial charge is 0.387 e. The van der Waals surface area contributed by atoms with E-state index in [0.717, 1.165) is 11.8 Å². The fourth-order valence-electron chi connectivity index (χ4n) is 6.25. The summed E-state index contributed by atoms with van der Waals surface area (Å²) in [7, 11) is 0. The first kappa shape index (κ1) is 20.8. The van der Waals surface area contributed by atoms with E-state index in [1.165, 1.54) is 42.6 Å². The normalized spacial score (nSPS) is 34.8. The number of nitrogens with two attached hydrogens (primary N) is 1. The zero-order valence-corrected chi connectivity index (χ0v) is 18.7. The zero-order chi connectivity index (χ0) is 19.9. The third-order valence-corrected chi connectivity index (χ3v) is 9.96. The highest BCUT2D eigenvalue weighted by Gasteiger charge is 2.57. The first-order valence-electron chi connectivity index (χ1n) is 9.92. The topological polar surface area (TPSA) is 95.9 Å². The second kappa shape index (κ2) is 7.99. The standard InChI is InChI=1S/C20H29N2O3PS2/c1-27-17-4-2-16(3-5-17)20-9-13-6-14(10-20)8-15(7-13)18(20)11-22-19(21)12-28-26(23,24)25/h2-5,13-15,18H,6-12H2,1H3,(H2,21,22)(H2,23,24,25). The Kier molecular flexibility index (Phi) is 5.94. The van der Waals surface area contributed by atoms with Crippen molar-refractivity contribution < 1.29 is 14.4 Å². The molecule has 0 aromatic heterocycles. The Morgan fingerprint density at radius 1 is 1.21 bits per heavy atom. The van der Waals surface area contributed by atoms with Gasteiger partial charge >= 0.3 is 6.80 Å². The number of aliphatic imine (C=N–C) groups is 1. The van der Waals surface area contributed by atoms with Crippen LogP contribution in [0.25, 0.3) is 0 Å². The predicted octanol–water partition coefficient (Wildman–Crippen LogP) is 4.29. The maximum absolute atomic E-state index is 11.1. The third kappa shape index (κ3) is 4.20. The highest BCUT2D eigenvalue weighted by molar-refractivity contribution is 8.54. The number of nitrogens with zero attached hydrogens (tertiary/aromatic N) is 1. The highest BCUT2D eigenvalue weighted by atomic mass is 32.7. The van der Waals surface area contributed by atoms with Crippen LogP contribution in [0.5, 0.6) is 0 Å². The van der Waals surface area contributed by atoms with Crippen LogP contribution < -0.4 is 5.73 Å². The Labute approximate surface area is 175 Å². The summed E-state index contributed by atoms with van der Waals surface area (Å²) in [6.45, 7) is -3.44. The van der Waals surface area contributed by atoms with Crippen LogP contribution in [0, 0.1) is 23.7 Å². The van der Waals surface area contributed by atoms with E-state index in [1.807, 2.05) is 0 Å². The van der Waals surface area contributed by atoms with Crippen molar-refractivity contribution in [2.24, 2.45) is 34.4 Å². The zero-order valence-electron chi connectivity index (χ0n) is 16.2. The molecule has 1 aromatic carbocycles. The minimum Gasteiger partial charge on any atom is -0.387 e. The molecule has 154 valence electrons. The van der Waals surface area contributed by atoms with Gasteiger partial charge in [0.25, 0.3) is 0 Å². The Morgan fingerprint density at radius 3 is 2.43 bits per heavy atom. The fourth-order valence-corrected chi connectivity index (χ4v) is 7.96. The minimum absolute atomic E-state index is 0.0856. The molecule has 4 fully saturated rings. The van der Waals surface area contributed by atoms with Gasteiger partial charge in [-0.25, -0.2) is 4.57 Å². The lowest BCUT2D eigenvalue weighted by Crippen LogP contribution is -2.56. The lowest BCUT2D eigenvalue weighted by atomic mass is 9.43. The molecule has 0 spiro atoms. The molecule has 4 aliphatic rings. The molecule has 3 atom stereocenters. The first-order chi connectivity index (χ1) is 13.3. The molecular weight excluding hydrogens is 411 g/mol.